The summed E-state index contributed by atoms with van der Waals surface area (Å²) in [4.78, 5) is 50.6. The number of aromatic nitrogens is 4. The Bertz CT molecular complexity index is 1940. The van der Waals surface area contributed by atoms with E-state index in [4.69, 9.17) is 10.5 Å². The summed E-state index contributed by atoms with van der Waals surface area (Å²) < 4.78 is 5.62. The first kappa shape index (κ1) is 35.4. The smallest absolute Gasteiger partial charge is 0.407 e. The van der Waals surface area contributed by atoms with Gasteiger partial charge in [0.2, 0.25) is 11.9 Å². The fraction of sp³-hybridized carbons (Fsp3) is 0.375. The van der Waals surface area contributed by atoms with Crippen molar-refractivity contribution in [1.29, 1.82) is 0 Å². The summed E-state index contributed by atoms with van der Waals surface area (Å²) in [5.74, 6) is 0.822. The molecule has 6 rings (SSSR count). The third-order valence-corrected chi connectivity index (χ3v) is 9.51. The minimum atomic E-state index is -0.345. The van der Waals surface area contributed by atoms with E-state index in [0.717, 1.165) is 49.7 Å². The van der Waals surface area contributed by atoms with Crippen molar-refractivity contribution in [3.63, 3.8) is 0 Å². The van der Waals surface area contributed by atoms with Crippen molar-refractivity contribution >= 4 is 29.1 Å². The second-order valence-corrected chi connectivity index (χ2v) is 13.3. The minimum Gasteiger partial charge on any atom is -0.449 e. The Morgan fingerprint density at radius 2 is 1.33 bits per heavy atom. The second kappa shape index (κ2) is 17.5. The van der Waals surface area contributed by atoms with Crippen molar-refractivity contribution in [2.75, 3.05) is 18.9 Å². The van der Waals surface area contributed by atoms with E-state index in [1.54, 1.807) is 0 Å². The van der Waals surface area contributed by atoms with Crippen LogP contribution in [0.2, 0.25) is 0 Å². The third-order valence-electron chi connectivity index (χ3n) is 9.51. The van der Waals surface area contributed by atoms with Crippen molar-refractivity contribution < 1.29 is 14.3 Å². The Labute approximate surface area is 297 Å². The summed E-state index contributed by atoms with van der Waals surface area (Å²) in [6.45, 7) is 1.46. The zero-order valence-electron chi connectivity index (χ0n) is 29.0. The minimum absolute atomic E-state index is 0.0384. The largest absolute Gasteiger partial charge is 0.449 e. The van der Waals surface area contributed by atoms with Crippen LogP contribution < -0.4 is 21.9 Å². The highest BCUT2D eigenvalue weighted by molar-refractivity contribution is 5.79. The van der Waals surface area contributed by atoms with E-state index >= 15 is 0 Å². The number of rotatable bonds is 18. The maximum Gasteiger partial charge on any atom is 0.407 e. The molecule has 0 unspecified atom stereocenters. The zero-order valence-corrected chi connectivity index (χ0v) is 29.0. The van der Waals surface area contributed by atoms with Gasteiger partial charge in [-0.25, -0.2) is 9.78 Å². The fourth-order valence-electron chi connectivity index (χ4n) is 6.80. The SMILES string of the molecule is Nc1nc2nc(Cc3ccc(CNC(=O)CCCCCCCCCCCNC(=O)OCC4c5ccccc5-c5ccccc54)cc3)[nH]c2c(=O)[nH]1. The van der Waals surface area contributed by atoms with E-state index in [1.165, 1.54) is 41.5 Å². The highest BCUT2D eigenvalue weighted by Gasteiger charge is 2.29. The summed E-state index contributed by atoms with van der Waals surface area (Å²) in [5, 5.41) is 5.93. The number of nitrogens with one attached hydrogen (secondary N) is 4. The molecule has 0 spiro atoms. The van der Waals surface area contributed by atoms with Crippen molar-refractivity contribution in [2.45, 2.75) is 83.1 Å². The molecular formula is C40H47N7O4. The van der Waals surface area contributed by atoms with Crippen LogP contribution in [0.1, 0.15) is 98.2 Å². The maximum absolute atomic E-state index is 12.4. The molecule has 1 aliphatic carbocycles. The van der Waals surface area contributed by atoms with Gasteiger partial charge in [-0.15, -0.1) is 0 Å². The first-order chi connectivity index (χ1) is 24.9. The van der Waals surface area contributed by atoms with Gasteiger partial charge in [0, 0.05) is 31.8 Å². The van der Waals surface area contributed by atoms with E-state index in [-0.39, 0.29) is 29.4 Å². The molecule has 1 aliphatic rings. The van der Waals surface area contributed by atoms with Crippen LogP contribution in [-0.4, -0.2) is 45.1 Å². The molecule has 11 nitrogen and oxygen atoms in total. The lowest BCUT2D eigenvalue weighted by molar-refractivity contribution is -0.121. The number of hydrogen-bond acceptors (Lipinski definition) is 7. The lowest BCUT2D eigenvalue weighted by atomic mass is 9.98. The number of nitrogens with two attached hydrogens (primary N) is 1. The maximum atomic E-state index is 12.4. The second-order valence-electron chi connectivity index (χ2n) is 13.3. The van der Waals surface area contributed by atoms with E-state index in [1.807, 2.05) is 36.4 Å². The quantitative estimate of drug-likeness (QED) is 0.0626. The standard InChI is InChI=1S/C40H47N7O4/c41-39-46-37-36(38(49)47-39)44-34(45-37)24-27-19-21-28(22-20-27)25-43-35(48)18-8-6-4-2-1-3-5-7-13-23-42-40(50)51-26-33-31-16-11-9-14-29(31)30-15-10-12-17-32(30)33/h9-12,14-17,19-22,33H,1-8,13,18,23-26H2,(H,42,50)(H,43,48)(H4,41,44,45,46,47,49). The number of carbonyl (C=O) groups excluding carboxylic acids is 2. The van der Waals surface area contributed by atoms with Crippen LogP contribution in [0.25, 0.3) is 22.3 Å². The molecule has 6 N–H and O–H groups in total. The number of aromatic amines is 2. The number of anilines is 1. The number of fused-ring (bicyclic) bond motifs is 4. The van der Waals surface area contributed by atoms with E-state index in [0.29, 0.717) is 49.5 Å². The molecule has 0 fully saturated rings. The Kier molecular flexibility index (Phi) is 12.1. The normalized spacial score (nSPS) is 12.1. The molecule has 266 valence electrons. The van der Waals surface area contributed by atoms with Gasteiger partial charge in [-0.3, -0.25) is 14.6 Å². The molecule has 2 aromatic heterocycles. The molecule has 5 aromatic rings. The molecule has 0 atom stereocenters. The van der Waals surface area contributed by atoms with Gasteiger partial charge in [-0.1, -0.05) is 118 Å². The van der Waals surface area contributed by atoms with E-state index < -0.39 is 0 Å². The van der Waals surface area contributed by atoms with Crippen LogP contribution in [0, 0.1) is 0 Å². The molecule has 11 heteroatoms. The molecule has 0 saturated heterocycles. The molecular weight excluding hydrogens is 642 g/mol. The topological polar surface area (TPSA) is 168 Å². The number of benzene rings is 3. The van der Waals surface area contributed by atoms with Gasteiger partial charge in [0.15, 0.2) is 11.2 Å². The van der Waals surface area contributed by atoms with Crippen LogP contribution in [0.4, 0.5) is 10.7 Å². The van der Waals surface area contributed by atoms with Crippen molar-refractivity contribution in [3.8, 4) is 11.1 Å². The predicted molar refractivity (Wildman–Crippen MR) is 199 cm³/mol. The molecule has 3 aromatic carbocycles. The van der Waals surface area contributed by atoms with Gasteiger partial charge in [-0.05, 0) is 46.2 Å². The van der Waals surface area contributed by atoms with Gasteiger partial charge in [0.1, 0.15) is 12.4 Å². The molecule has 0 radical (unpaired) electrons. The van der Waals surface area contributed by atoms with Crippen molar-refractivity contribution in [1.82, 2.24) is 30.6 Å². The number of H-pyrrole nitrogens is 2. The zero-order chi connectivity index (χ0) is 35.4. The highest BCUT2D eigenvalue weighted by Crippen LogP contribution is 2.44. The predicted octanol–water partition coefficient (Wildman–Crippen LogP) is 6.88. The summed E-state index contributed by atoms with van der Waals surface area (Å²) in [6, 6.07) is 24.7. The lowest BCUT2D eigenvalue weighted by Crippen LogP contribution is -2.27. The van der Waals surface area contributed by atoms with Gasteiger partial charge in [0.25, 0.3) is 5.56 Å². The van der Waals surface area contributed by atoms with Gasteiger partial charge < -0.3 is 26.1 Å². The Balaban J connectivity index is 0.749. The molecule has 0 bridgehead atoms. The summed E-state index contributed by atoms with van der Waals surface area (Å²) in [5.41, 5.74) is 12.8. The van der Waals surface area contributed by atoms with Gasteiger partial charge in [-0.2, -0.15) is 4.98 Å². The average Bonchev–Trinajstić information content (AvgIpc) is 3.69. The number of carbonyl (C=O) groups is 2. The van der Waals surface area contributed by atoms with Crippen molar-refractivity contribution in [3.05, 3.63) is 111 Å². The summed E-state index contributed by atoms with van der Waals surface area (Å²) in [6.07, 6.45) is 10.6. The molecule has 51 heavy (non-hydrogen) atoms. The Hall–Kier alpha value is -5.45. The van der Waals surface area contributed by atoms with Gasteiger partial charge in [0.05, 0.1) is 0 Å². The Morgan fingerprint density at radius 1 is 0.725 bits per heavy atom. The molecule has 0 saturated carbocycles. The van der Waals surface area contributed by atoms with Gasteiger partial charge >= 0.3 is 6.09 Å². The monoisotopic (exact) mass is 689 g/mol. The van der Waals surface area contributed by atoms with Crippen LogP contribution in [0.3, 0.4) is 0 Å². The van der Waals surface area contributed by atoms with E-state index in [9.17, 15) is 14.4 Å². The average molecular weight is 690 g/mol. The number of ether oxygens (including phenoxy) is 1. The van der Waals surface area contributed by atoms with E-state index in [2.05, 4.69) is 67.0 Å². The number of nitrogens with zero attached hydrogens (tertiary/aromatic N) is 2. The summed E-state index contributed by atoms with van der Waals surface area (Å²) >= 11 is 0. The van der Waals surface area contributed by atoms with Crippen LogP contribution in [0.5, 0.6) is 0 Å². The number of hydrogen-bond donors (Lipinski definition) is 5. The highest BCUT2D eigenvalue weighted by atomic mass is 16.5. The first-order valence-electron chi connectivity index (χ1n) is 18.1. The van der Waals surface area contributed by atoms with Crippen LogP contribution in [-0.2, 0) is 22.5 Å². The number of amides is 2. The number of imidazole rings is 1. The third kappa shape index (κ3) is 9.62. The van der Waals surface area contributed by atoms with Crippen molar-refractivity contribution in [2.24, 2.45) is 0 Å². The summed E-state index contributed by atoms with van der Waals surface area (Å²) in [7, 11) is 0. The molecule has 0 aliphatic heterocycles. The number of unbranched alkanes of at least 4 members (excludes halogenated alkanes) is 8. The fourth-order valence-corrected chi connectivity index (χ4v) is 6.80. The van der Waals surface area contributed by atoms with Crippen LogP contribution in [0.15, 0.2) is 77.6 Å². The van der Waals surface area contributed by atoms with Crippen LogP contribution >= 0.6 is 0 Å². The number of alkyl carbamates (subject to hydrolysis) is 1. The molecule has 2 heterocycles. The molecule has 2 amide bonds. The lowest BCUT2D eigenvalue weighted by Gasteiger charge is -2.14. The Morgan fingerprint density at radius 3 is 2.02 bits per heavy atom. The first-order valence-corrected chi connectivity index (χ1v) is 18.1. The number of nitrogen functional groups attached to an aromatic ring is 1.